The van der Waals surface area contributed by atoms with E-state index in [2.05, 4.69) is 15.5 Å². The Morgan fingerprint density at radius 2 is 1.66 bits per heavy atom. The SMILES string of the molecule is COc1ccc(-c2nnc(NC(=O)c3ccc(N(Cc4ccc(F)cc4)S(C)(=O)=O)cc3)s2)cc1. The third-order valence-electron chi connectivity index (χ3n) is 5.04. The van der Waals surface area contributed by atoms with Crippen LogP contribution in [0.1, 0.15) is 15.9 Å². The minimum atomic E-state index is -3.62. The molecule has 0 radical (unpaired) electrons. The quantitative estimate of drug-likeness (QED) is 0.371. The molecule has 0 fully saturated rings. The lowest BCUT2D eigenvalue weighted by molar-refractivity contribution is 0.102. The van der Waals surface area contributed by atoms with Crippen molar-refractivity contribution in [1.29, 1.82) is 0 Å². The summed E-state index contributed by atoms with van der Waals surface area (Å²) in [5.74, 6) is -0.0812. The van der Waals surface area contributed by atoms with Gasteiger partial charge < -0.3 is 4.74 Å². The van der Waals surface area contributed by atoms with Gasteiger partial charge in [-0.25, -0.2) is 12.8 Å². The molecule has 0 bridgehead atoms. The van der Waals surface area contributed by atoms with E-state index in [9.17, 15) is 17.6 Å². The summed E-state index contributed by atoms with van der Waals surface area (Å²) in [7, 11) is -2.03. The first-order valence-electron chi connectivity index (χ1n) is 10.3. The van der Waals surface area contributed by atoms with E-state index < -0.39 is 21.7 Å². The van der Waals surface area contributed by atoms with Crippen LogP contribution in [0.4, 0.5) is 15.2 Å². The summed E-state index contributed by atoms with van der Waals surface area (Å²) in [4.78, 5) is 12.7. The van der Waals surface area contributed by atoms with Gasteiger partial charge >= 0.3 is 0 Å². The van der Waals surface area contributed by atoms with Crippen LogP contribution in [-0.2, 0) is 16.6 Å². The zero-order chi connectivity index (χ0) is 25.0. The van der Waals surface area contributed by atoms with Gasteiger partial charge in [0.1, 0.15) is 16.6 Å². The number of anilines is 2. The molecule has 180 valence electrons. The molecule has 1 aromatic heterocycles. The summed E-state index contributed by atoms with van der Waals surface area (Å²) < 4.78 is 44.3. The van der Waals surface area contributed by atoms with E-state index in [1.54, 1.807) is 19.2 Å². The number of ether oxygens (including phenoxy) is 1. The first-order chi connectivity index (χ1) is 16.7. The topological polar surface area (TPSA) is 101 Å². The van der Waals surface area contributed by atoms with Crippen molar-refractivity contribution in [3.8, 4) is 16.3 Å². The lowest BCUT2D eigenvalue weighted by Gasteiger charge is -2.22. The second-order valence-corrected chi connectivity index (χ2v) is 10.4. The van der Waals surface area contributed by atoms with Gasteiger partial charge in [0.05, 0.1) is 25.6 Å². The van der Waals surface area contributed by atoms with Crippen molar-refractivity contribution in [3.05, 3.63) is 89.7 Å². The Hall–Kier alpha value is -3.83. The molecule has 1 amide bonds. The van der Waals surface area contributed by atoms with Gasteiger partial charge in [0.25, 0.3) is 5.91 Å². The predicted molar refractivity (Wildman–Crippen MR) is 134 cm³/mol. The van der Waals surface area contributed by atoms with Crippen molar-refractivity contribution in [2.24, 2.45) is 0 Å². The summed E-state index contributed by atoms with van der Waals surface area (Å²) in [6, 6.07) is 19.1. The number of hydrogen-bond donors (Lipinski definition) is 1. The fourth-order valence-corrected chi connectivity index (χ4v) is 4.86. The monoisotopic (exact) mass is 512 g/mol. The normalized spacial score (nSPS) is 11.2. The number of nitrogens with zero attached hydrogens (tertiary/aromatic N) is 3. The van der Waals surface area contributed by atoms with Crippen LogP contribution < -0.4 is 14.4 Å². The third-order valence-corrected chi connectivity index (χ3v) is 7.07. The average molecular weight is 513 g/mol. The van der Waals surface area contributed by atoms with Crippen LogP contribution in [0.2, 0.25) is 0 Å². The van der Waals surface area contributed by atoms with Crippen LogP contribution in [-0.4, -0.2) is 37.9 Å². The number of methoxy groups -OCH3 is 1. The fraction of sp³-hybridized carbons (Fsp3) is 0.125. The molecule has 35 heavy (non-hydrogen) atoms. The lowest BCUT2D eigenvalue weighted by atomic mass is 10.2. The maximum absolute atomic E-state index is 13.2. The van der Waals surface area contributed by atoms with Gasteiger partial charge in [-0.1, -0.05) is 23.5 Å². The predicted octanol–water partition coefficient (Wildman–Crippen LogP) is 4.57. The van der Waals surface area contributed by atoms with E-state index >= 15 is 0 Å². The number of benzene rings is 3. The molecule has 4 aromatic rings. The second-order valence-electron chi connectivity index (χ2n) is 7.54. The standard InChI is InChI=1S/C24H21FN4O4S2/c1-33-21-13-7-18(8-14-21)23-27-28-24(34-23)26-22(30)17-5-11-20(12-6-17)29(35(2,31)32)15-16-3-9-19(25)10-4-16/h3-14H,15H2,1-2H3,(H,26,28,30). The maximum atomic E-state index is 13.2. The number of carbonyl (C=O) groups is 1. The second kappa shape index (κ2) is 10.2. The highest BCUT2D eigenvalue weighted by Crippen LogP contribution is 2.28. The number of carbonyl (C=O) groups excluding carboxylic acids is 1. The summed E-state index contributed by atoms with van der Waals surface area (Å²) in [6.07, 6.45) is 1.09. The van der Waals surface area contributed by atoms with E-state index in [-0.39, 0.29) is 6.54 Å². The van der Waals surface area contributed by atoms with Crippen molar-refractivity contribution >= 4 is 38.1 Å². The Morgan fingerprint density at radius 3 is 2.26 bits per heavy atom. The smallest absolute Gasteiger partial charge is 0.257 e. The molecule has 0 unspecified atom stereocenters. The minimum Gasteiger partial charge on any atom is -0.497 e. The molecule has 0 spiro atoms. The van der Waals surface area contributed by atoms with E-state index in [1.807, 2.05) is 24.3 Å². The summed E-state index contributed by atoms with van der Waals surface area (Å²) in [5.41, 5.74) is 2.18. The first-order valence-corrected chi connectivity index (χ1v) is 13.0. The zero-order valence-electron chi connectivity index (χ0n) is 18.8. The van der Waals surface area contributed by atoms with E-state index in [4.69, 9.17) is 4.74 Å². The summed E-state index contributed by atoms with van der Waals surface area (Å²) >= 11 is 1.23. The lowest BCUT2D eigenvalue weighted by Crippen LogP contribution is -2.29. The van der Waals surface area contributed by atoms with Crippen molar-refractivity contribution in [1.82, 2.24) is 10.2 Å². The first kappa shape index (κ1) is 24.3. The van der Waals surface area contributed by atoms with E-state index in [0.717, 1.165) is 17.6 Å². The number of sulfonamides is 1. The molecular formula is C24H21FN4O4S2. The van der Waals surface area contributed by atoms with Crippen LogP contribution in [0.25, 0.3) is 10.6 Å². The maximum Gasteiger partial charge on any atom is 0.257 e. The largest absolute Gasteiger partial charge is 0.497 e. The molecule has 0 saturated heterocycles. The van der Waals surface area contributed by atoms with Gasteiger partial charge in [-0.05, 0) is 66.2 Å². The van der Waals surface area contributed by atoms with Crippen LogP contribution in [0.3, 0.4) is 0 Å². The molecule has 0 aliphatic rings. The van der Waals surface area contributed by atoms with E-state index in [1.165, 1.54) is 52.0 Å². The molecule has 1 heterocycles. The number of amides is 1. The number of aromatic nitrogens is 2. The van der Waals surface area contributed by atoms with Crippen LogP contribution in [0.5, 0.6) is 5.75 Å². The van der Waals surface area contributed by atoms with Gasteiger partial charge in [-0.15, -0.1) is 10.2 Å². The van der Waals surface area contributed by atoms with Gasteiger partial charge in [0.15, 0.2) is 0 Å². The molecule has 4 rings (SSSR count). The average Bonchev–Trinajstić information content (AvgIpc) is 3.31. The van der Waals surface area contributed by atoms with Crippen LogP contribution >= 0.6 is 11.3 Å². The zero-order valence-corrected chi connectivity index (χ0v) is 20.4. The van der Waals surface area contributed by atoms with Gasteiger partial charge in [-0.3, -0.25) is 14.4 Å². The third kappa shape index (κ3) is 6.00. The van der Waals surface area contributed by atoms with Crippen LogP contribution in [0.15, 0.2) is 72.8 Å². The molecular weight excluding hydrogens is 491 g/mol. The Labute approximate surface area is 206 Å². The van der Waals surface area contributed by atoms with Crippen molar-refractivity contribution < 1.29 is 22.3 Å². The Balaban J connectivity index is 1.47. The molecule has 11 heteroatoms. The van der Waals surface area contributed by atoms with Gasteiger partial charge in [0, 0.05) is 11.1 Å². The molecule has 1 N–H and O–H groups in total. The Bertz CT molecular complexity index is 1420. The minimum absolute atomic E-state index is 0.0313. The Kier molecular flexibility index (Phi) is 7.08. The summed E-state index contributed by atoms with van der Waals surface area (Å²) in [5, 5.41) is 11.8. The molecule has 0 aliphatic heterocycles. The van der Waals surface area contributed by atoms with E-state index in [0.29, 0.717) is 27.0 Å². The van der Waals surface area contributed by atoms with Crippen molar-refractivity contribution in [2.75, 3.05) is 23.0 Å². The molecule has 8 nitrogen and oxygen atoms in total. The number of halogens is 1. The Morgan fingerprint density at radius 1 is 1.00 bits per heavy atom. The highest BCUT2D eigenvalue weighted by Gasteiger charge is 2.19. The fourth-order valence-electron chi connectivity index (χ4n) is 3.23. The van der Waals surface area contributed by atoms with Gasteiger partial charge in [0.2, 0.25) is 15.2 Å². The number of rotatable bonds is 8. The molecule has 0 atom stereocenters. The highest BCUT2D eigenvalue weighted by molar-refractivity contribution is 7.92. The van der Waals surface area contributed by atoms with Crippen molar-refractivity contribution in [2.45, 2.75) is 6.54 Å². The number of nitrogens with one attached hydrogen (secondary N) is 1. The van der Waals surface area contributed by atoms with Crippen molar-refractivity contribution in [3.63, 3.8) is 0 Å². The molecule has 0 saturated carbocycles. The highest BCUT2D eigenvalue weighted by atomic mass is 32.2. The summed E-state index contributed by atoms with van der Waals surface area (Å²) in [6.45, 7) is 0.0313. The van der Waals surface area contributed by atoms with Gasteiger partial charge in [-0.2, -0.15) is 0 Å². The molecule has 3 aromatic carbocycles. The number of hydrogen-bond acceptors (Lipinski definition) is 7. The van der Waals surface area contributed by atoms with Crippen LogP contribution in [0, 0.1) is 5.82 Å². The molecule has 0 aliphatic carbocycles.